The van der Waals surface area contributed by atoms with E-state index in [1.807, 2.05) is 17.7 Å². The number of nitrogens with zero attached hydrogens (tertiary/aromatic N) is 4. The smallest absolute Gasteiger partial charge is 0.340 e. The van der Waals surface area contributed by atoms with E-state index < -0.39 is 12.7 Å². The van der Waals surface area contributed by atoms with Gasteiger partial charge in [-0.25, -0.2) is 4.98 Å². The van der Waals surface area contributed by atoms with Gasteiger partial charge in [0, 0.05) is 51.5 Å². The third-order valence-corrected chi connectivity index (χ3v) is 3.62. The summed E-state index contributed by atoms with van der Waals surface area (Å²) in [6.45, 7) is 2.78. The number of carbonyl (C=O) groups is 1. The Morgan fingerprint density at radius 1 is 1.29 bits per heavy atom. The van der Waals surface area contributed by atoms with Crippen LogP contribution in [0.25, 0.3) is 0 Å². The summed E-state index contributed by atoms with van der Waals surface area (Å²) in [4.78, 5) is 19.1. The zero-order valence-corrected chi connectivity index (χ0v) is 11.9. The van der Waals surface area contributed by atoms with Gasteiger partial charge in [0.25, 0.3) is 0 Å². The first-order chi connectivity index (χ1) is 9.85. The van der Waals surface area contributed by atoms with Gasteiger partial charge in [-0.2, -0.15) is 13.2 Å². The number of carbonyl (C=O) groups excluding carboxylic acids is 1. The van der Waals surface area contributed by atoms with Crippen LogP contribution in [-0.4, -0.2) is 64.2 Å². The van der Waals surface area contributed by atoms with Crippen molar-refractivity contribution >= 4 is 5.91 Å². The van der Waals surface area contributed by atoms with Crippen molar-refractivity contribution in [2.45, 2.75) is 26.1 Å². The number of rotatable bonds is 4. The maximum absolute atomic E-state index is 12.3. The minimum Gasteiger partial charge on any atom is -0.340 e. The van der Waals surface area contributed by atoms with Gasteiger partial charge in [0.1, 0.15) is 5.82 Å². The first-order valence-electron chi connectivity index (χ1n) is 6.90. The molecule has 0 spiro atoms. The van der Waals surface area contributed by atoms with E-state index in [9.17, 15) is 18.0 Å². The van der Waals surface area contributed by atoms with E-state index in [0.29, 0.717) is 26.1 Å². The van der Waals surface area contributed by atoms with Crippen LogP contribution in [0.5, 0.6) is 0 Å². The van der Waals surface area contributed by atoms with Crippen LogP contribution in [0.15, 0.2) is 12.4 Å². The lowest BCUT2D eigenvalue weighted by Gasteiger charge is -2.35. The molecule has 0 atom stereocenters. The average molecular weight is 304 g/mol. The number of amides is 1. The van der Waals surface area contributed by atoms with E-state index >= 15 is 0 Å². The van der Waals surface area contributed by atoms with Crippen LogP contribution in [0.4, 0.5) is 13.2 Å². The second-order valence-corrected chi connectivity index (χ2v) is 5.19. The highest BCUT2D eigenvalue weighted by Gasteiger charge is 2.32. The average Bonchev–Trinajstić information content (AvgIpc) is 2.80. The van der Waals surface area contributed by atoms with Gasteiger partial charge < -0.3 is 9.47 Å². The van der Waals surface area contributed by atoms with E-state index in [2.05, 4.69) is 4.98 Å². The predicted octanol–water partition coefficient (Wildman–Crippen LogP) is 1.29. The van der Waals surface area contributed by atoms with Gasteiger partial charge in [0.05, 0.1) is 6.54 Å². The highest BCUT2D eigenvalue weighted by atomic mass is 19.4. The number of halogens is 3. The van der Waals surface area contributed by atoms with Crippen molar-refractivity contribution < 1.29 is 18.0 Å². The van der Waals surface area contributed by atoms with Gasteiger partial charge in [0.2, 0.25) is 5.91 Å². The molecule has 5 nitrogen and oxygen atoms in total. The topological polar surface area (TPSA) is 41.4 Å². The van der Waals surface area contributed by atoms with Crippen molar-refractivity contribution in [3.05, 3.63) is 18.2 Å². The Morgan fingerprint density at radius 3 is 2.48 bits per heavy atom. The maximum atomic E-state index is 12.3. The summed E-state index contributed by atoms with van der Waals surface area (Å²) >= 11 is 0. The number of hydrogen-bond donors (Lipinski definition) is 0. The third-order valence-electron chi connectivity index (χ3n) is 3.62. The molecule has 0 radical (unpaired) electrons. The van der Waals surface area contributed by atoms with Crippen molar-refractivity contribution in [1.82, 2.24) is 19.4 Å². The van der Waals surface area contributed by atoms with Crippen molar-refractivity contribution in [3.8, 4) is 0 Å². The zero-order valence-electron chi connectivity index (χ0n) is 11.9. The minimum atomic E-state index is -4.18. The molecule has 1 aromatic heterocycles. The molecule has 118 valence electrons. The monoisotopic (exact) mass is 304 g/mol. The Kier molecular flexibility index (Phi) is 4.87. The van der Waals surface area contributed by atoms with Crippen molar-refractivity contribution in [2.75, 3.05) is 32.7 Å². The Hall–Kier alpha value is -1.57. The third kappa shape index (κ3) is 4.73. The van der Waals surface area contributed by atoms with Gasteiger partial charge in [-0.15, -0.1) is 0 Å². The lowest BCUT2D eigenvalue weighted by Crippen LogP contribution is -2.51. The maximum Gasteiger partial charge on any atom is 0.401 e. The summed E-state index contributed by atoms with van der Waals surface area (Å²) in [5.74, 6) is 0.826. The molecule has 1 fully saturated rings. The molecule has 1 aliphatic rings. The molecule has 1 aliphatic heterocycles. The molecule has 0 unspecified atom stereocenters. The van der Waals surface area contributed by atoms with Gasteiger partial charge in [0.15, 0.2) is 0 Å². The lowest BCUT2D eigenvalue weighted by molar-refractivity contribution is -0.151. The van der Waals surface area contributed by atoms with Crippen LogP contribution >= 0.6 is 0 Å². The molecule has 1 amide bonds. The van der Waals surface area contributed by atoms with E-state index in [-0.39, 0.29) is 19.0 Å². The normalized spacial score (nSPS) is 17.2. The fourth-order valence-electron chi connectivity index (χ4n) is 2.42. The van der Waals surface area contributed by atoms with Crippen LogP contribution in [0.1, 0.15) is 12.2 Å². The minimum absolute atomic E-state index is 0.0187. The fraction of sp³-hybridized carbons (Fsp3) is 0.692. The van der Waals surface area contributed by atoms with E-state index in [1.54, 1.807) is 11.1 Å². The molecule has 1 aromatic rings. The van der Waals surface area contributed by atoms with Crippen LogP contribution in [0.3, 0.4) is 0 Å². The van der Waals surface area contributed by atoms with Crippen molar-refractivity contribution in [1.29, 1.82) is 0 Å². The van der Waals surface area contributed by atoms with Crippen LogP contribution in [0, 0.1) is 6.92 Å². The Labute approximate surface area is 121 Å². The molecule has 21 heavy (non-hydrogen) atoms. The summed E-state index contributed by atoms with van der Waals surface area (Å²) in [6.07, 6.45) is -0.346. The van der Waals surface area contributed by atoms with E-state index in [0.717, 1.165) is 5.82 Å². The highest BCUT2D eigenvalue weighted by molar-refractivity contribution is 5.76. The second kappa shape index (κ2) is 6.46. The Balaban J connectivity index is 1.74. The molecule has 1 saturated heterocycles. The Bertz CT molecular complexity index is 478. The number of imidazole rings is 1. The molecule has 0 N–H and O–H groups in total. The van der Waals surface area contributed by atoms with E-state index in [4.69, 9.17) is 0 Å². The molecule has 0 aromatic carbocycles. The standard InChI is InChI=1S/C13H19F3N4O/c1-11-17-3-5-19(11)4-2-12(21)20-8-6-18(7-9-20)10-13(14,15)16/h3,5H,2,4,6-10H2,1H3. The van der Waals surface area contributed by atoms with Gasteiger partial charge in [-0.05, 0) is 6.92 Å². The first-order valence-corrected chi connectivity index (χ1v) is 6.90. The number of aryl methyl sites for hydroxylation is 2. The predicted molar refractivity (Wildman–Crippen MR) is 70.7 cm³/mol. The second-order valence-electron chi connectivity index (χ2n) is 5.19. The van der Waals surface area contributed by atoms with Gasteiger partial charge >= 0.3 is 6.18 Å². The van der Waals surface area contributed by atoms with Crippen molar-refractivity contribution in [2.24, 2.45) is 0 Å². The summed E-state index contributed by atoms with van der Waals surface area (Å²) in [6, 6.07) is 0. The summed E-state index contributed by atoms with van der Waals surface area (Å²) in [7, 11) is 0. The fourth-order valence-corrected chi connectivity index (χ4v) is 2.42. The van der Waals surface area contributed by atoms with Crippen molar-refractivity contribution in [3.63, 3.8) is 0 Å². The summed E-state index contributed by atoms with van der Waals surface area (Å²) in [5.41, 5.74) is 0. The van der Waals surface area contributed by atoms with Crippen LogP contribution in [-0.2, 0) is 11.3 Å². The molecule has 2 heterocycles. The van der Waals surface area contributed by atoms with Gasteiger partial charge in [-0.3, -0.25) is 9.69 Å². The van der Waals surface area contributed by atoms with Gasteiger partial charge in [-0.1, -0.05) is 0 Å². The number of alkyl halides is 3. The first kappa shape index (κ1) is 15.8. The molecule has 2 rings (SSSR count). The molecule has 0 aliphatic carbocycles. The zero-order chi connectivity index (χ0) is 15.5. The molecule has 0 bridgehead atoms. The SMILES string of the molecule is Cc1nccn1CCC(=O)N1CCN(CC(F)(F)F)CC1. The molecular formula is C13H19F3N4O. The van der Waals surface area contributed by atoms with Crippen LogP contribution in [0.2, 0.25) is 0 Å². The van der Waals surface area contributed by atoms with E-state index in [1.165, 1.54) is 4.90 Å². The quantitative estimate of drug-likeness (QED) is 0.842. The summed E-state index contributed by atoms with van der Waals surface area (Å²) in [5, 5.41) is 0. The molecule has 0 saturated carbocycles. The molecular weight excluding hydrogens is 285 g/mol. The number of piperazine rings is 1. The highest BCUT2D eigenvalue weighted by Crippen LogP contribution is 2.17. The number of aromatic nitrogens is 2. The molecule has 8 heteroatoms. The largest absolute Gasteiger partial charge is 0.401 e. The summed E-state index contributed by atoms with van der Waals surface area (Å²) < 4.78 is 38.7. The number of hydrogen-bond acceptors (Lipinski definition) is 3. The lowest BCUT2D eigenvalue weighted by atomic mass is 10.2. The Morgan fingerprint density at radius 2 is 1.95 bits per heavy atom. The van der Waals surface area contributed by atoms with Crippen LogP contribution < -0.4 is 0 Å².